The van der Waals surface area contributed by atoms with Crippen LogP contribution in [0.4, 0.5) is 10.2 Å². The highest BCUT2D eigenvalue weighted by Gasteiger charge is 2.04. The molecular weight excluding hydrogens is 185 g/mol. The third kappa shape index (κ3) is 2.92. The van der Waals surface area contributed by atoms with Gasteiger partial charge in [0.25, 0.3) is 0 Å². The molecule has 0 bridgehead atoms. The summed E-state index contributed by atoms with van der Waals surface area (Å²) in [4.78, 5) is 7.99. The summed E-state index contributed by atoms with van der Waals surface area (Å²) >= 11 is 0. The number of nitrogens with one attached hydrogen (secondary N) is 1. The molecule has 78 valence electrons. The number of anilines is 1. The molecule has 0 saturated carbocycles. The van der Waals surface area contributed by atoms with Crippen molar-refractivity contribution < 1.29 is 9.50 Å². The predicted octanol–water partition coefficient (Wildman–Crippen LogP) is 1.05. The predicted molar refractivity (Wildman–Crippen MR) is 51.8 cm³/mol. The van der Waals surface area contributed by atoms with Crippen molar-refractivity contribution in [3.8, 4) is 0 Å². The zero-order valence-corrected chi connectivity index (χ0v) is 8.29. The molecule has 0 aliphatic rings. The summed E-state index contributed by atoms with van der Waals surface area (Å²) in [6, 6.07) is 1.43. The molecule has 1 rings (SSSR count). The van der Waals surface area contributed by atoms with E-state index in [-0.39, 0.29) is 12.6 Å². The van der Waals surface area contributed by atoms with E-state index in [2.05, 4.69) is 15.3 Å². The second-order valence-corrected chi connectivity index (χ2v) is 3.17. The smallest absolute Gasteiger partial charge is 0.156 e. The van der Waals surface area contributed by atoms with Crippen LogP contribution in [0.2, 0.25) is 0 Å². The van der Waals surface area contributed by atoms with Crippen LogP contribution in [0.3, 0.4) is 0 Å². The lowest BCUT2D eigenvalue weighted by Gasteiger charge is -2.11. The van der Waals surface area contributed by atoms with Crippen LogP contribution < -0.4 is 5.32 Å². The molecule has 1 atom stereocenters. The monoisotopic (exact) mass is 199 g/mol. The number of nitrogens with zero attached hydrogens (tertiary/aromatic N) is 2. The Morgan fingerprint density at radius 1 is 1.57 bits per heavy atom. The molecule has 0 radical (unpaired) electrons. The lowest BCUT2D eigenvalue weighted by molar-refractivity contribution is 0.271. The van der Waals surface area contributed by atoms with E-state index in [0.717, 1.165) is 5.69 Å². The topological polar surface area (TPSA) is 58.0 Å². The summed E-state index contributed by atoms with van der Waals surface area (Å²) in [5.41, 5.74) is 0.748. The molecule has 1 unspecified atom stereocenters. The van der Waals surface area contributed by atoms with E-state index in [9.17, 15) is 4.39 Å². The minimum absolute atomic E-state index is 0.208. The van der Waals surface area contributed by atoms with Crippen LogP contribution in [0.25, 0.3) is 0 Å². The van der Waals surface area contributed by atoms with Crippen LogP contribution >= 0.6 is 0 Å². The average Bonchev–Trinajstić information content (AvgIpc) is 2.16. The van der Waals surface area contributed by atoms with Crippen LogP contribution in [0.1, 0.15) is 18.4 Å². The van der Waals surface area contributed by atoms with Crippen molar-refractivity contribution in [3.63, 3.8) is 0 Å². The number of aliphatic hydroxyl groups excluding tert-OH is 1. The standard InChI is InChI=1S/C9H14FN3O/c1-6-3-8(12-7(2)4-10)13-9(5-14)11-6/h3,7,14H,4-5H2,1-2H3,(H,11,12,13). The molecule has 0 aromatic carbocycles. The fourth-order valence-electron chi connectivity index (χ4n) is 1.07. The van der Waals surface area contributed by atoms with Crippen molar-refractivity contribution in [2.24, 2.45) is 0 Å². The summed E-state index contributed by atoms with van der Waals surface area (Å²) in [6.07, 6.45) is 0. The molecule has 0 aliphatic carbocycles. The molecule has 5 heteroatoms. The number of aliphatic hydroxyl groups is 1. The Balaban J connectivity index is 2.81. The number of hydrogen-bond acceptors (Lipinski definition) is 4. The number of rotatable bonds is 4. The van der Waals surface area contributed by atoms with Gasteiger partial charge in [-0.15, -0.1) is 0 Å². The Labute approximate surface area is 82.2 Å². The highest BCUT2D eigenvalue weighted by molar-refractivity contribution is 5.36. The minimum Gasteiger partial charge on any atom is -0.388 e. The Morgan fingerprint density at radius 2 is 2.29 bits per heavy atom. The van der Waals surface area contributed by atoms with Gasteiger partial charge in [0.1, 0.15) is 19.1 Å². The van der Waals surface area contributed by atoms with Crippen LogP contribution in [0.15, 0.2) is 6.07 Å². The molecule has 0 amide bonds. The third-order valence-corrected chi connectivity index (χ3v) is 1.67. The van der Waals surface area contributed by atoms with Crippen molar-refractivity contribution in [1.82, 2.24) is 9.97 Å². The van der Waals surface area contributed by atoms with Crippen LogP contribution in [-0.4, -0.2) is 27.8 Å². The first-order valence-corrected chi connectivity index (χ1v) is 4.43. The van der Waals surface area contributed by atoms with Gasteiger partial charge < -0.3 is 10.4 Å². The highest BCUT2D eigenvalue weighted by Crippen LogP contribution is 2.07. The molecule has 1 aromatic heterocycles. The van der Waals surface area contributed by atoms with E-state index in [4.69, 9.17) is 5.11 Å². The normalized spacial score (nSPS) is 12.6. The lowest BCUT2D eigenvalue weighted by Crippen LogP contribution is -2.18. The number of aromatic nitrogens is 2. The molecular formula is C9H14FN3O. The Hall–Kier alpha value is -1.23. The maximum absolute atomic E-state index is 12.2. The van der Waals surface area contributed by atoms with E-state index in [1.807, 2.05) is 0 Å². The fraction of sp³-hybridized carbons (Fsp3) is 0.556. The summed E-state index contributed by atoms with van der Waals surface area (Å²) in [6.45, 7) is 2.85. The van der Waals surface area contributed by atoms with Crippen molar-refractivity contribution >= 4 is 5.82 Å². The average molecular weight is 199 g/mol. The molecule has 1 heterocycles. The fourth-order valence-corrected chi connectivity index (χ4v) is 1.07. The molecule has 0 fully saturated rings. The van der Waals surface area contributed by atoms with Gasteiger partial charge in [-0.25, -0.2) is 14.4 Å². The first-order valence-electron chi connectivity index (χ1n) is 4.43. The molecule has 14 heavy (non-hydrogen) atoms. The Kier molecular flexibility index (Phi) is 3.76. The van der Waals surface area contributed by atoms with Gasteiger partial charge in [0, 0.05) is 11.8 Å². The van der Waals surface area contributed by atoms with E-state index in [1.54, 1.807) is 19.9 Å². The van der Waals surface area contributed by atoms with Gasteiger partial charge >= 0.3 is 0 Å². The van der Waals surface area contributed by atoms with E-state index in [1.165, 1.54) is 0 Å². The van der Waals surface area contributed by atoms with Gasteiger partial charge in [0.2, 0.25) is 0 Å². The van der Waals surface area contributed by atoms with E-state index in [0.29, 0.717) is 11.6 Å². The molecule has 0 saturated heterocycles. The largest absolute Gasteiger partial charge is 0.388 e. The van der Waals surface area contributed by atoms with Crippen LogP contribution in [-0.2, 0) is 6.61 Å². The van der Waals surface area contributed by atoms with E-state index < -0.39 is 6.67 Å². The maximum Gasteiger partial charge on any atom is 0.156 e. The second kappa shape index (κ2) is 4.85. The van der Waals surface area contributed by atoms with E-state index >= 15 is 0 Å². The first-order chi connectivity index (χ1) is 6.65. The van der Waals surface area contributed by atoms with Crippen LogP contribution in [0, 0.1) is 6.92 Å². The number of halogens is 1. The molecule has 0 spiro atoms. The van der Waals surface area contributed by atoms with Gasteiger partial charge in [-0.1, -0.05) is 0 Å². The van der Waals surface area contributed by atoms with Gasteiger partial charge in [0.15, 0.2) is 5.82 Å². The van der Waals surface area contributed by atoms with Gasteiger partial charge in [0.05, 0.1) is 6.04 Å². The zero-order valence-electron chi connectivity index (χ0n) is 8.29. The molecule has 2 N–H and O–H groups in total. The van der Waals surface area contributed by atoms with Crippen molar-refractivity contribution in [1.29, 1.82) is 0 Å². The first kappa shape index (κ1) is 10.8. The molecule has 1 aromatic rings. The van der Waals surface area contributed by atoms with Crippen molar-refractivity contribution in [3.05, 3.63) is 17.6 Å². The van der Waals surface area contributed by atoms with Crippen LogP contribution in [0.5, 0.6) is 0 Å². The van der Waals surface area contributed by atoms with Gasteiger partial charge in [-0.2, -0.15) is 0 Å². The van der Waals surface area contributed by atoms with Crippen molar-refractivity contribution in [2.75, 3.05) is 12.0 Å². The van der Waals surface area contributed by atoms with Crippen molar-refractivity contribution in [2.45, 2.75) is 26.5 Å². The minimum atomic E-state index is -0.461. The summed E-state index contributed by atoms with van der Waals surface area (Å²) in [7, 11) is 0. The quantitative estimate of drug-likeness (QED) is 0.761. The molecule has 0 aliphatic heterocycles. The maximum atomic E-state index is 12.2. The summed E-state index contributed by atoms with van der Waals surface area (Å²) in [5.74, 6) is 0.894. The zero-order chi connectivity index (χ0) is 10.6. The molecule has 4 nitrogen and oxygen atoms in total. The Bertz CT molecular complexity index is 306. The second-order valence-electron chi connectivity index (χ2n) is 3.17. The lowest BCUT2D eigenvalue weighted by atomic mass is 10.3. The number of aryl methyl sites for hydroxylation is 1. The SMILES string of the molecule is Cc1cc(NC(C)CF)nc(CO)n1. The Morgan fingerprint density at radius 3 is 2.86 bits per heavy atom. The number of hydrogen-bond donors (Lipinski definition) is 2. The van der Waals surface area contributed by atoms with Gasteiger partial charge in [-0.3, -0.25) is 0 Å². The van der Waals surface area contributed by atoms with Gasteiger partial charge in [-0.05, 0) is 13.8 Å². The number of alkyl halides is 1. The summed E-state index contributed by atoms with van der Waals surface area (Å²) in [5, 5.41) is 11.7. The third-order valence-electron chi connectivity index (χ3n) is 1.67. The highest BCUT2D eigenvalue weighted by atomic mass is 19.1. The summed E-state index contributed by atoms with van der Waals surface area (Å²) < 4.78 is 12.2.